The molecule has 1 saturated heterocycles. The van der Waals surface area contributed by atoms with Crippen LogP contribution in [0.25, 0.3) is 0 Å². The van der Waals surface area contributed by atoms with Crippen LogP contribution in [0.2, 0.25) is 0 Å². The van der Waals surface area contributed by atoms with Crippen molar-refractivity contribution >= 4 is 11.9 Å². The van der Waals surface area contributed by atoms with Crippen LogP contribution in [0.5, 0.6) is 5.75 Å². The fourth-order valence-electron chi connectivity index (χ4n) is 2.28. The second-order valence-electron chi connectivity index (χ2n) is 5.53. The summed E-state index contributed by atoms with van der Waals surface area (Å²) in [6.45, 7) is 11.6. The summed E-state index contributed by atoms with van der Waals surface area (Å²) in [6.07, 6.45) is 1.53. The van der Waals surface area contributed by atoms with Crippen LogP contribution in [0.3, 0.4) is 0 Å². The molecule has 5 heteroatoms. The molecule has 0 aliphatic carbocycles. The lowest BCUT2D eigenvalue weighted by atomic mass is 9.92. The molecule has 3 amide bonds. The number of carbonyl (C=O) groups is 2. The average molecular weight is 300 g/mol. The van der Waals surface area contributed by atoms with Gasteiger partial charge < -0.3 is 10.1 Å². The lowest BCUT2D eigenvalue weighted by Gasteiger charge is -2.22. The summed E-state index contributed by atoms with van der Waals surface area (Å²) in [5.41, 5.74) is 0.571. The first-order valence-electron chi connectivity index (χ1n) is 7.01. The number of nitrogens with one attached hydrogen (secondary N) is 1. The Balaban J connectivity index is 2.20. The molecule has 116 valence electrons. The minimum Gasteiger partial charge on any atom is -0.489 e. The summed E-state index contributed by atoms with van der Waals surface area (Å²) in [5, 5.41) is 2.74. The smallest absolute Gasteiger partial charge is 0.325 e. The molecule has 0 radical (unpaired) electrons. The van der Waals surface area contributed by atoms with E-state index in [-0.39, 0.29) is 12.5 Å². The van der Waals surface area contributed by atoms with Crippen LogP contribution in [0.4, 0.5) is 4.79 Å². The normalized spacial score (nSPS) is 20.7. The van der Waals surface area contributed by atoms with Gasteiger partial charge in [0, 0.05) is 6.54 Å². The van der Waals surface area contributed by atoms with Crippen molar-refractivity contribution in [1.82, 2.24) is 10.2 Å². The van der Waals surface area contributed by atoms with E-state index in [4.69, 9.17) is 4.74 Å². The summed E-state index contributed by atoms with van der Waals surface area (Å²) in [7, 11) is 0. The van der Waals surface area contributed by atoms with Gasteiger partial charge in [-0.2, -0.15) is 0 Å². The van der Waals surface area contributed by atoms with Gasteiger partial charge in [-0.15, -0.1) is 6.58 Å². The molecule has 22 heavy (non-hydrogen) atoms. The first kappa shape index (κ1) is 15.8. The van der Waals surface area contributed by atoms with Gasteiger partial charge in [-0.3, -0.25) is 9.69 Å². The molecule has 1 aliphatic heterocycles. The van der Waals surface area contributed by atoms with Gasteiger partial charge in [0.15, 0.2) is 0 Å². The molecule has 0 saturated carbocycles. The number of ether oxygens (including phenoxy) is 1. The van der Waals surface area contributed by atoms with Crippen LogP contribution in [0, 0.1) is 0 Å². The molecule has 1 aromatic rings. The van der Waals surface area contributed by atoms with Gasteiger partial charge >= 0.3 is 6.03 Å². The Bertz CT molecular complexity index is 621. The summed E-state index contributed by atoms with van der Waals surface area (Å²) >= 11 is 0. The third-order valence-corrected chi connectivity index (χ3v) is 3.50. The van der Waals surface area contributed by atoms with Crippen molar-refractivity contribution in [3.8, 4) is 5.75 Å². The van der Waals surface area contributed by atoms with Crippen LogP contribution in [0.15, 0.2) is 49.1 Å². The lowest BCUT2D eigenvalue weighted by molar-refractivity contribution is -0.130. The van der Waals surface area contributed by atoms with Gasteiger partial charge in [-0.25, -0.2) is 4.79 Å². The highest BCUT2D eigenvalue weighted by molar-refractivity contribution is 6.07. The minimum absolute atomic E-state index is 0.195. The number of hydrogen-bond acceptors (Lipinski definition) is 3. The van der Waals surface area contributed by atoms with Crippen molar-refractivity contribution in [1.29, 1.82) is 0 Å². The molecule has 0 aromatic heterocycles. The number of amides is 3. The average Bonchev–Trinajstić information content (AvgIpc) is 2.70. The fraction of sp³-hybridized carbons (Fsp3) is 0.294. The predicted octanol–water partition coefficient (Wildman–Crippen LogP) is 2.59. The van der Waals surface area contributed by atoms with E-state index in [0.29, 0.717) is 17.9 Å². The van der Waals surface area contributed by atoms with Crippen LogP contribution < -0.4 is 10.1 Å². The Labute approximate surface area is 130 Å². The second kappa shape index (κ2) is 6.05. The monoisotopic (exact) mass is 300 g/mol. The third-order valence-electron chi connectivity index (χ3n) is 3.50. The Morgan fingerprint density at radius 3 is 2.55 bits per heavy atom. The number of nitrogens with zero attached hydrogens (tertiary/aromatic N) is 1. The Morgan fingerprint density at radius 2 is 2.00 bits per heavy atom. The maximum Gasteiger partial charge on any atom is 0.325 e. The SMILES string of the molecule is C=CCN1C(=O)NC(C)(c2ccc(OCC(=C)C)cc2)C1=O. The summed E-state index contributed by atoms with van der Waals surface area (Å²) in [5.74, 6) is 0.406. The van der Waals surface area contributed by atoms with Crippen molar-refractivity contribution in [2.75, 3.05) is 13.2 Å². The van der Waals surface area contributed by atoms with Crippen molar-refractivity contribution in [2.24, 2.45) is 0 Å². The molecule has 1 aliphatic rings. The number of urea groups is 1. The van der Waals surface area contributed by atoms with E-state index in [9.17, 15) is 9.59 Å². The first-order chi connectivity index (χ1) is 10.4. The number of hydrogen-bond donors (Lipinski definition) is 1. The van der Waals surface area contributed by atoms with Crippen LogP contribution in [-0.4, -0.2) is 30.0 Å². The molecule has 0 bridgehead atoms. The Hall–Kier alpha value is -2.56. The second-order valence-corrected chi connectivity index (χ2v) is 5.53. The molecule has 1 unspecified atom stereocenters. The number of benzene rings is 1. The summed E-state index contributed by atoms with van der Waals surface area (Å²) in [6, 6.07) is 6.71. The molecule has 5 nitrogen and oxygen atoms in total. The highest BCUT2D eigenvalue weighted by Crippen LogP contribution is 2.30. The van der Waals surface area contributed by atoms with E-state index in [1.165, 1.54) is 6.08 Å². The largest absolute Gasteiger partial charge is 0.489 e. The highest BCUT2D eigenvalue weighted by Gasteiger charge is 2.48. The van der Waals surface area contributed by atoms with E-state index in [1.807, 2.05) is 6.92 Å². The molecule has 1 N–H and O–H groups in total. The maximum atomic E-state index is 12.5. The van der Waals surface area contributed by atoms with E-state index >= 15 is 0 Å². The Morgan fingerprint density at radius 1 is 1.36 bits per heavy atom. The zero-order valence-electron chi connectivity index (χ0n) is 12.9. The van der Waals surface area contributed by atoms with Crippen molar-refractivity contribution in [3.63, 3.8) is 0 Å². The highest BCUT2D eigenvalue weighted by atomic mass is 16.5. The van der Waals surface area contributed by atoms with E-state index in [0.717, 1.165) is 10.5 Å². The van der Waals surface area contributed by atoms with Gasteiger partial charge in [0.1, 0.15) is 17.9 Å². The van der Waals surface area contributed by atoms with E-state index in [1.54, 1.807) is 31.2 Å². The van der Waals surface area contributed by atoms with Crippen LogP contribution in [-0.2, 0) is 10.3 Å². The van der Waals surface area contributed by atoms with E-state index < -0.39 is 11.6 Å². The van der Waals surface area contributed by atoms with Crippen molar-refractivity contribution in [2.45, 2.75) is 19.4 Å². The number of imide groups is 1. The first-order valence-corrected chi connectivity index (χ1v) is 7.01. The van der Waals surface area contributed by atoms with Gasteiger partial charge in [0.05, 0.1) is 0 Å². The molecule has 1 heterocycles. The quantitative estimate of drug-likeness (QED) is 0.649. The van der Waals surface area contributed by atoms with Crippen molar-refractivity contribution < 1.29 is 14.3 Å². The molecular weight excluding hydrogens is 280 g/mol. The topological polar surface area (TPSA) is 58.6 Å². The fourth-order valence-corrected chi connectivity index (χ4v) is 2.28. The molecule has 1 fully saturated rings. The van der Waals surface area contributed by atoms with Gasteiger partial charge in [0.25, 0.3) is 5.91 Å². The molecule has 1 atom stereocenters. The molecule has 0 spiro atoms. The van der Waals surface area contributed by atoms with E-state index in [2.05, 4.69) is 18.5 Å². The summed E-state index contributed by atoms with van der Waals surface area (Å²) in [4.78, 5) is 25.6. The number of carbonyl (C=O) groups excluding carboxylic acids is 2. The maximum absolute atomic E-state index is 12.5. The number of rotatable bonds is 6. The van der Waals surface area contributed by atoms with Gasteiger partial charge in [0.2, 0.25) is 0 Å². The lowest BCUT2D eigenvalue weighted by Crippen LogP contribution is -2.40. The minimum atomic E-state index is -1.06. The third kappa shape index (κ3) is 2.88. The zero-order valence-corrected chi connectivity index (χ0v) is 12.9. The van der Waals surface area contributed by atoms with Crippen LogP contribution in [0.1, 0.15) is 19.4 Å². The Kier molecular flexibility index (Phi) is 4.35. The predicted molar refractivity (Wildman–Crippen MR) is 84.5 cm³/mol. The molecule has 1 aromatic carbocycles. The standard InChI is InChI=1S/C17H20N2O3/c1-5-10-19-15(20)17(4,18-16(19)21)13-6-8-14(9-7-13)22-11-12(2)3/h5-9H,1-2,10-11H2,3-4H3,(H,18,21). The van der Waals surface area contributed by atoms with Gasteiger partial charge in [-0.1, -0.05) is 24.8 Å². The van der Waals surface area contributed by atoms with Gasteiger partial charge in [-0.05, 0) is 37.1 Å². The van der Waals surface area contributed by atoms with Crippen LogP contribution >= 0.6 is 0 Å². The zero-order chi connectivity index (χ0) is 16.3. The van der Waals surface area contributed by atoms with Crippen molar-refractivity contribution in [3.05, 3.63) is 54.6 Å². The molecular formula is C17H20N2O3. The molecule has 2 rings (SSSR count). The summed E-state index contributed by atoms with van der Waals surface area (Å²) < 4.78 is 5.53.